The van der Waals surface area contributed by atoms with Gasteiger partial charge in [-0.15, -0.1) is 0 Å². The van der Waals surface area contributed by atoms with Crippen molar-refractivity contribution >= 4 is 45.8 Å². The number of nitrogens with one attached hydrogen (secondary N) is 2. The number of nitrogens with zero attached hydrogens (tertiary/aromatic N) is 2. The number of hydrogen-bond donors (Lipinski definition) is 8. The van der Waals surface area contributed by atoms with Crippen molar-refractivity contribution in [2.24, 2.45) is 10.2 Å². The lowest BCUT2D eigenvalue weighted by Gasteiger charge is -2.23. The highest BCUT2D eigenvalue weighted by Crippen LogP contribution is 2.54. The van der Waals surface area contributed by atoms with Crippen LogP contribution in [0.25, 0.3) is 32.7 Å². The summed E-state index contributed by atoms with van der Waals surface area (Å²) in [6, 6.07) is 14.5. The molecule has 0 unspecified atom stereocenters. The summed E-state index contributed by atoms with van der Waals surface area (Å²) in [5, 5.41) is 79.3. The van der Waals surface area contributed by atoms with Gasteiger partial charge in [-0.1, -0.05) is 52.0 Å². The number of carbonyl (C=O) groups excluding carboxylic acids is 2. The summed E-state index contributed by atoms with van der Waals surface area (Å²) < 4.78 is 11.3. The van der Waals surface area contributed by atoms with E-state index in [0.717, 1.165) is 34.7 Å². The number of fused-ring (bicyclic) bond motifs is 2. The Morgan fingerprint density at radius 1 is 0.516 bits per heavy atom. The van der Waals surface area contributed by atoms with E-state index in [-0.39, 0.29) is 58.1 Å². The summed E-state index contributed by atoms with van der Waals surface area (Å²) in [6.45, 7) is 17.6. The van der Waals surface area contributed by atoms with Crippen LogP contribution in [0.4, 0.5) is 0 Å². The monoisotopic (exact) mass is 870 g/mol. The molecule has 0 spiro atoms. The molecule has 0 aromatic heterocycles. The van der Waals surface area contributed by atoms with Gasteiger partial charge in [-0.3, -0.25) is 9.59 Å². The molecule has 14 nitrogen and oxygen atoms in total. The molecule has 0 bridgehead atoms. The van der Waals surface area contributed by atoms with E-state index in [4.69, 9.17) is 9.47 Å². The van der Waals surface area contributed by atoms with Crippen molar-refractivity contribution in [1.82, 2.24) is 10.9 Å². The van der Waals surface area contributed by atoms with Gasteiger partial charge in [0, 0.05) is 33.0 Å². The minimum atomic E-state index is -0.612. The fourth-order valence-electron chi connectivity index (χ4n) is 8.36. The Hall–Kier alpha value is -7.48. The van der Waals surface area contributed by atoms with Crippen molar-refractivity contribution in [3.63, 3.8) is 0 Å². The zero-order valence-corrected chi connectivity index (χ0v) is 37.6. The number of amides is 2. The van der Waals surface area contributed by atoms with Crippen LogP contribution in [-0.2, 0) is 9.59 Å². The molecule has 2 amide bonds. The van der Waals surface area contributed by atoms with Crippen LogP contribution >= 0.6 is 0 Å². The number of phenols is 6. The van der Waals surface area contributed by atoms with E-state index >= 15 is 0 Å². The highest BCUT2D eigenvalue weighted by Gasteiger charge is 2.30. The van der Waals surface area contributed by atoms with E-state index in [0.29, 0.717) is 44.5 Å². The second-order valence-electron chi connectivity index (χ2n) is 16.8. The fraction of sp³-hybridized carbons (Fsp3) is 0.280. The van der Waals surface area contributed by atoms with E-state index in [9.17, 15) is 40.2 Å². The van der Waals surface area contributed by atoms with Crippen molar-refractivity contribution in [2.75, 3.05) is 13.2 Å². The summed E-state index contributed by atoms with van der Waals surface area (Å²) >= 11 is 0. The Morgan fingerprint density at radius 2 is 0.844 bits per heavy atom. The predicted octanol–water partition coefficient (Wildman–Crippen LogP) is 9.05. The number of phenolic OH excluding ortho intramolecular Hbond substituents is 6. The van der Waals surface area contributed by atoms with Gasteiger partial charge in [0.2, 0.25) is 0 Å². The van der Waals surface area contributed by atoms with Gasteiger partial charge in [-0.25, -0.2) is 10.9 Å². The van der Waals surface area contributed by atoms with Gasteiger partial charge < -0.3 is 40.1 Å². The molecule has 0 aliphatic heterocycles. The van der Waals surface area contributed by atoms with Crippen molar-refractivity contribution in [3.8, 4) is 57.1 Å². The largest absolute Gasteiger partial charge is 0.507 e. The summed E-state index contributed by atoms with van der Waals surface area (Å²) in [5.41, 5.74) is 10.2. The van der Waals surface area contributed by atoms with Crippen LogP contribution in [0.1, 0.15) is 95.2 Å². The number of benzene rings is 6. The van der Waals surface area contributed by atoms with E-state index in [1.165, 1.54) is 0 Å². The van der Waals surface area contributed by atoms with Gasteiger partial charge in [0.05, 0.1) is 23.6 Å². The first-order chi connectivity index (χ1) is 30.2. The standard InChI is InChI=1S/C50H54N4O10/c1-23(2)39-33-17-29(9)41(47(59)43(33)35(45(57)49(39)61)19-51-53-37(55)21-63-31-13-25(5)11-26(6)14-31)42-30(10)18-34-40(24(3)4)50(62)46(58)36(44(34)48(42)60)20-52-54-38(56)22-64-32-15-27(7)12-28(8)16-32/h11-20,23-24,57-62H,21-22H2,1-10H3,(H,53,55)(H,54,56)/b51-19+,52-20+. The van der Waals surface area contributed by atoms with Gasteiger partial charge in [-0.05, 0) is 122 Å². The lowest BCUT2D eigenvalue weighted by atomic mass is 9.83. The Balaban J connectivity index is 1.46. The molecule has 0 aliphatic rings. The van der Waals surface area contributed by atoms with Crippen LogP contribution in [-0.4, -0.2) is 68.1 Å². The quantitative estimate of drug-likeness (QED) is 0.0312. The number of aryl methyl sites for hydroxylation is 6. The van der Waals surface area contributed by atoms with Crippen LogP contribution in [0.2, 0.25) is 0 Å². The molecule has 64 heavy (non-hydrogen) atoms. The first kappa shape index (κ1) is 46.0. The fourth-order valence-corrected chi connectivity index (χ4v) is 8.36. The minimum Gasteiger partial charge on any atom is -0.507 e. The molecule has 6 rings (SSSR count). The van der Waals surface area contributed by atoms with Crippen molar-refractivity contribution in [3.05, 3.63) is 104 Å². The maximum Gasteiger partial charge on any atom is 0.277 e. The number of hydrazone groups is 2. The highest BCUT2D eigenvalue weighted by molar-refractivity contribution is 6.15. The molecule has 0 fully saturated rings. The van der Waals surface area contributed by atoms with E-state index in [2.05, 4.69) is 21.1 Å². The van der Waals surface area contributed by atoms with E-state index < -0.39 is 46.3 Å². The second-order valence-corrected chi connectivity index (χ2v) is 16.8. The number of ether oxygens (including phenoxy) is 2. The van der Waals surface area contributed by atoms with Crippen LogP contribution in [0.15, 0.2) is 58.7 Å². The first-order valence-electron chi connectivity index (χ1n) is 20.7. The molecule has 0 heterocycles. The first-order valence-corrected chi connectivity index (χ1v) is 20.7. The molecule has 334 valence electrons. The van der Waals surface area contributed by atoms with Crippen LogP contribution in [0.3, 0.4) is 0 Å². The Labute approximate surface area is 371 Å². The predicted molar refractivity (Wildman–Crippen MR) is 249 cm³/mol. The maximum atomic E-state index is 12.8. The number of aromatic hydroxyl groups is 6. The molecule has 6 aromatic rings. The third-order valence-electron chi connectivity index (χ3n) is 10.9. The Kier molecular flexibility index (Phi) is 13.3. The van der Waals surface area contributed by atoms with Gasteiger partial charge in [0.15, 0.2) is 36.2 Å². The van der Waals surface area contributed by atoms with Crippen LogP contribution in [0, 0.1) is 41.5 Å². The summed E-state index contributed by atoms with van der Waals surface area (Å²) in [5.74, 6) is -3.77. The van der Waals surface area contributed by atoms with E-state index in [1.54, 1.807) is 50.2 Å². The maximum absolute atomic E-state index is 12.8. The van der Waals surface area contributed by atoms with E-state index in [1.807, 2.05) is 67.5 Å². The zero-order chi connectivity index (χ0) is 46.9. The SMILES string of the molecule is Cc1cc(C)cc(OCC(=O)N/N=C/c2c(O)c(O)c(C(C)C)c3cc(C)c(-c4c(C)cc5c(C(C)C)c(O)c(O)c(/C=N/NC(=O)COc6cc(C)cc(C)c6)c5c4O)c(O)c23)c1. The van der Waals surface area contributed by atoms with Gasteiger partial charge >= 0.3 is 0 Å². The van der Waals surface area contributed by atoms with Crippen molar-refractivity contribution in [1.29, 1.82) is 0 Å². The Morgan fingerprint density at radius 3 is 1.16 bits per heavy atom. The molecular formula is C50H54N4O10. The number of hydrogen-bond acceptors (Lipinski definition) is 12. The summed E-state index contributed by atoms with van der Waals surface area (Å²) in [6.07, 6.45) is 2.21. The molecule has 14 heteroatoms. The third-order valence-corrected chi connectivity index (χ3v) is 10.9. The molecule has 0 atom stereocenters. The molecule has 0 saturated heterocycles. The van der Waals surface area contributed by atoms with Crippen LogP contribution in [0.5, 0.6) is 46.0 Å². The lowest BCUT2D eigenvalue weighted by molar-refractivity contribution is -0.123. The average molecular weight is 871 g/mol. The molecule has 6 aromatic carbocycles. The smallest absolute Gasteiger partial charge is 0.277 e. The van der Waals surface area contributed by atoms with Gasteiger partial charge in [0.1, 0.15) is 23.0 Å². The van der Waals surface area contributed by atoms with Crippen molar-refractivity contribution < 1.29 is 49.7 Å². The average Bonchev–Trinajstić information content (AvgIpc) is 3.19. The summed E-state index contributed by atoms with van der Waals surface area (Å²) in [4.78, 5) is 25.6. The molecular weight excluding hydrogens is 817 g/mol. The Bertz CT molecular complexity index is 2680. The van der Waals surface area contributed by atoms with Crippen molar-refractivity contribution in [2.45, 2.75) is 81.1 Å². The number of rotatable bonds is 13. The highest BCUT2D eigenvalue weighted by atomic mass is 16.5. The topological polar surface area (TPSA) is 223 Å². The molecule has 0 saturated carbocycles. The number of carbonyl (C=O) groups is 2. The second kappa shape index (κ2) is 18.5. The molecule has 0 aliphatic carbocycles. The minimum absolute atomic E-state index is 0.0620. The zero-order valence-electron chi connectivity index (χ0n) is 37.6. The van der Waals surface area contributed by atoms with Gasteiger partial charge in [0.25, 0.3) is 11.8 Å². The molecule has 8 N–H and O–H groups in total. The van der Waals surface area contributed by atoms with Gasteiger partial charge in [-0.2, -0.15) is 10.2 Å². The normalized spacial score (nSPS) is 11.8. The lowest BCUT2D eigenvalue weighted by Crippen LogP contribution is -2.24. The third kappa shape index (κ3) is 9.17. The molecule has 0 radical (unpaired) electrons. The van der Waals surface area contributed by atoms with Crippen LogP contribution < -0.4 is 20.3 Å². The summed E-state index contributed by atoms with van der Waals surface area (Å²) in [7, 11) is 0.